The minimum absolute atomic E-state index is 0.201. The van der Waals surface area contributed by atoms with Crippen molar-refractivity contribution in [2.75, 3.05) is 5.32 Å². The molecule has 3 aromatic rings. The minimum atomic E-state index is -0.239. The van der Waals surface area contributed by atoms with Crippen molar-refractivity contribution in [1.29, 1.82) is 0 Å². The number of nitrogens with one attached hydrogen (secondary N) is 2. The molecule has 1 aliphatic heterocycles. The summed E-state index contributed by atoms with van der Waals surface area (Å²) >= 11 is 9.03. The van der Waals surface area contributed by atoms with E-state index in [0.29, 0.717) is 28.4 Å². The number of rotatable bonds is 3. The Balaban J connectivity index is 1.55. The number of fused-ring (bicyclic) bond motifs is 2. The highest BCUT2D eigenvalue weighted by Gasteiger charge is 2.21. The second-order valence-corrected chi connectivity index (χ2v) is 8.78. The molecule has 0 saturated heterocycles. The average Bonchev–Trinajstić information content (AvgIpc) is 3.01. The van der Waals surface area contributed by atoms with E-state index in [2.05, 4.69) is 15.6 Å². The number of carbonyl (C=O) groups excluding carboxylic acids is 2. The lowest BCUT2D eigenvalue weighted by molar-refractivity contribution is 0.0949. The number of amides is 2. The molecule has 2 aromatic carbocycles. The third-order valence-electron chi connectivity index (χ3n) is 3.99. The van der Waals surface area contributed by atoms with Crippen molar-refractivity contribution in [2.45, 2.75) is 23.3 Å². The van der Waals surface area contributed by atoms with Crippen molar-refractivity contribution < 1.29 is 9.59 Å². The molecule has 4 rings (SSSR count). The molecule has 27 heavy (non-hydrogen) atoms. The van der Waals surface area contributed by atoms with Gasteiger partial charge >= 0.3 is 0 Å². The summed E-state index contributed by atoms with van der Waals surface area (Å²) in [4.78, 5) is 31.9. The van der Waals surface area contributed by atoms with Gasteiger partial charge in [-0.3, -0.25) is 9.59 Å². The van der Waals surface area contributed by atoms with E-state index >= 15 is 0 Å². The summed E-state index contributed by atoms with van der Waals surface area (Å²) in [7, 11) is 0. The lowest BCUT2D eigenvalue weighted by atomic mass is 10.1. The van der Waals surface area contributed by atoms with E-state index in [9.17, 15) is 9.59 Å². The van der Waals surface area contributed by atoms with E-state index in [4.69, 9.17) is 11.6 Å². The maximum atomic E-state index is 12.5. The molecule has 1 aromatic heterocycles. The van der Waals surface area contributed by atoms with Crippen LogP contribution in [-0.4, -0.2) is 16.8 Å². The maximum absolute atomic E-state index is 12.5. The number of aromatic nitrogens is 1. The SMILES string of the molecule is Cc1ncc(CNC(=O)c2ccc3c(c2)NC(=O)c2cc(Cl)ccc2S3)s1. The molecule has 0 radical (unpaired) electrons. The first-order chi connectivity index (χ1) is 13.0. The van der Waals surface area contributed by atoms with Crippen molar-refractivity contribution in [2.24, 2.45) is 0 Å². The van der Waals surface area contributed by atoms with Gasteiger partial charge in [0.1, 0.15) is 0 Å². The van der Waals surface area contributed by atoms with Crippen molar-refractivity contribution in [3.8, 4) is 0 Å². The summed E-state index contributed by atoms with van der Waals surface area (Å²) in [5.41, 5.74) is 1.62. The van der Waals surface area contributed by atoms with Crippen LogP contribution in [0.25, 0.3) is 0 Å². The van der Waals surface area contributed by atoms with E-state index in [0.717, 1.165) is 19.7 Å². The number of thiazole rings is 1. The normalized spacial score (nSPS) is 12.6. The summed E-state index contributed by atoms with van der Waals surface area (Å²) in [5.74, 6) is -0.440. The lowest BCUT2D eigenvalue weighted by Gasteiger charge is -2.09. The summed E-state index contributed by atoms with van der Waals surface area (Å²) in [5, 5.41) is 7.22. The van der Waals surface area contributed by atoms with Gasteiger partial charge in [-0.25, -0.2) is 4.98 Å². The zero-order valence-corrected chi connectivity index (χ0v) is 16.6. The van der Waals surface area contributed by atoms with Crippen molar-refractivity contribution in [3.63, 3.8) is 0 Å². The van der Waals surface area contributed by atoms with Gasteiger partial charge in [0, 0.05) is 31.5 Å². The molecule has 2 N–H and O–H groups in total. The van der Waals surface area contributed by atoms with Gasteiger partial charge in [-0.15, -0.1) is 11.3 Å². The molecule has 1 aliphatic rings. The van der Waals surface area contributed by atoms with E-state index in [1.54, 1.807) is 41.8 Å². The molecule has 8 heteroatoms. The molecule has 136 valence electrons. The largest absolute Gasteiger partial charge is 0.347 e. The highest BCUT2D eigenvalue weighted by Crippen LogP contribution is 2.39. The molecule has 0 fully saturated rings. The first-order valence-corrected chi connectivity index (χ1v) is 10.1. The average molecular weight is 416 g/mol. The quantitative estimate of drug-likeness (QED) is 0.647. The van der Waals surface area contributed by atoms with Crippen LogP contribution in [-0.2, 0) is 6.54 Å². The molecule has 2 amide bonds. The number of benzene rings is 2. The van der Waals surface area contributed by atoms with Crippen LogP contribution in [0.5, 0.6) is 0 Å². The number of nitrogens with zero attached hydrogens (tertiary/aromatic N) is 1. The van der Waals surface area contributed by atoms with E-state index < -0.39 is 0 Å². The first-order valence-electron chi connectivity index (χ1n) is 8.12. The van der Waals surface area contributed by atoms with Crippen LogP contribution in [0.15, 0.2) is 52.4 Å². The predicted octanol–water partition coefficient (Wildman–Crippen LogP) is 4.75. The highest BCUT2D eigenvalue weighted by molar-refractivity contribution is 7.99. The maximum Gasteiger partial charge on any atom is 0.256 e. The number of anilines is 1. The third kappa shape index (κ3) is 3.85. The Bertz CT molecular complexity index is 1060. The van der Waals surface area contributed by atoms with Gasteiger partial charge in [0.05, 0.1) is 22.8 Å². The summed E-state index contributed by atoms with van der Waals surface area (Å²) < 4.78 is 0. The third-order valence-corrected chi connectivity index (χ3v) is 6.29. The second kappa shape index (κ2) is 7.34. The van der Waals surface area contributed by atoms with Gasteiger partial charge in [-0.2, -0.15) is 0 Å². The molecule has 0 saturated carbocycles. The van der Waals surface area contributed by atoms with Crippen LogP contribution in [0, 0.1) is 6.92 Å². The van der Waals surface area contributed by atoms with Crippen LogP contribution in [0.2, 0.25) is 5.02 Å². The van der Waals surface area contributed by atoms with Crippen LogP contribution >= 0.6 is 34.7 Å². The smallest absolute Gasteiger partial charge is 0.256 e. The van der Waals surface area contributed by atoms with Gasteiger partial charge in [0.15, 0.2) is 0 Å². The first kappa shape index (κ1) is 18.0. The Labute approximate surface area is 169 Å². The molecule has 0 bridgehead atoms. The van der Waals surface area contributed by atoms with Gasteiger partial charge in [0.2, 0.25) is 0 Å². The Morgan fingerprint density at radius 3 is 2.81 bits per heavy atom. The monoisotopic (exact) mass is 415 g/mol. The van der Waals surface area contributed by atoms with Crippen LogP contribution < -0.4 is 10.6 Å². The van der Waals surface area contributed by atoms with Gasteiger partial charge in [-0.05, 0) is 43.3 Å². The molecule has 0 unspecified atom stereocenters. The number of hydrogen-bond acceptors (Lipinski definition) is 5. The Kier molecular flexibility index (Phi) is 4.90. The molecule has 0 spiro atoms. The zero-order valence-electron chi connectivity index (χ0n) is 14.2. The minimum Gasteiger partial charge on any atom is -0.347 e. The number of hydrogen-bond donors (Lipinski definition) is 2. The number of halogens is 1. The fraction of sp³-hybridized carbons (Fsp3) is 0.105. The fourth-order valence-corrected chi connectivity index (χ4v) is 4.59. The Morgan fingerprint density at radius 1 is 1.22 bits per heavy atom. The van der Waals surface area contributed by atoms with Crippen LogP contribution in [0.3, 0.4) is 0 Å². The Hall–Kier alpha value is -2.35. The van der Waals surface area contributed by atoms with Gasteiger partial charge in [0.25, 0.3) is 11.8 Å². The molecule has 0 aliphatic carbocycles. The molecule has 2 heterocycles. The topological polar surface area (TPSA) is 71.1 Å². The van der Waals surface area contributed by atoms with E-state index in [1.165, 1.54) is 11.8 Å². The van der Waals surface area contributed by atoms with Gasteiger partial charge in [-0.1, -0.05) is 23.4 Å². The lowest BCUT2D eigenvalue weighted by Crippen LogP contribution is -2.22. The standard InChI is InChI=1S/C19H14ClN3O2S2/c1-10-21-8-13(26-10)9-22-18(24)11-2-4-17-15(6-11)23-19(25)14-7-12(20)3-5-16(14)27-17/h2-8H,9H2,1H3,(H,22,24)(H,23,25). The molecular formula is C19H14ClN3O2S2. The second-order valence-electron chi connectivity index (χ2n) is 5.94. The van der Waals surface area contributed by atoms with Crippen LogP contribution in [0.1, 0.15) is 30.6 Å². The van der Waals surface area contributed by atoms with Crippen molar-refractivity contribution in [1.82, 2.24) is 10.3 Å². The van der Waals surface area contributed by atoms with E-state index in [-0.39, 0.29) is 11.8 Å². The predicted molar refractivity (Wildman–Crippen MR) is 108 cm³/mol. The zero-order chi connectivity index (χ0) is 19.0. The highest BCUT2D eigenvalue weighted by atomic mass is 35.5. The molecular weight excluding hydrogens is 402 g/mol. The van der Waals surface area contributed by atoms with Gasteiger partial charge < -0.3 is 10.6 Å². The summed E-state index contributed by atoms with van der Waals surface area (Å²) in [6.45, 7) is 2.35. The van der Waals surface area contributed by atoms with E-state index in [1.807, 2.05) is 19.1 Å². The number of aryl methyl sites for hydroxylation is 1. The Morgan fingerprint density at radius 2 is 2.04 bits per heavy atom. The molecule has 0 atom stereocenters. The van der Waals surface area contributed by atoms with Crippen molar-refractivity contribution >= 4 is 52.2 Å². The van der Waals surface area contributed by atoms with Crippen molar-refractivity contribution in [3.05, 3.63) is 68.6 Å². The number of carbonyl (C=O) groups is 2. The van der Waals surface area contributed by atoms with Crippen LogP contribution in [0.4, 0.5) is 5.69 Å². The summed E-state index contributed by atoms with van der Waals surface area (Å²) in [6.07, 6.45) is 1.76. The molecule has 5 nitrogen and oxygen atoms in total. The summed E-state index contributed by atoms with van der Waals surface area (Å²) in [6, 6.07) is 10.5. The fourth-order valence-electron chi connectivity index (χ4n) is 2.69.